The second-order valence-electron chi connectivity index (χ2n) is 5.99. The highest BCUT2D eigenvalue weighted by molar-refractivity contribution is 8.14. The van der Waals surface area contributed by atoms with Gasteiger partial charge in [-0.1, -0.05) is 52.6 Å². The number of carbonyl (C=O) groups is 2. The van der Waals surface area contributed by atoms with E-state index in [1.807, 2.05) is 6.92 Å². The van der Waals surface area contributed by atoms with Crippen molar-refractivity contribution >= 4 is 75.3 Å². The number of halogens is 3. The Hall–Kier alpha value is -1.99. The van der Waals surface area contributed by atoms with E-state index in [0.717, 1.165) is 0 Å². The molecule has 2 aromatic carbocycles. The van der Waals surface area contributed by atoms with Crippen LogP contribution >= 0.6 is 46.6 Å². The predicted octanol–water partition coefficient (Wildman–Crippen LogP) is 5.58. The minimum atomic E-state index is -0.223. The van der Waals surface area contributed by atoms with Crippen LogP contribution < -0.4 is 5.32 Å². The summed E-state index contributed by atoms with van der Waals surface area (Å²) in [6.07, 6.45) is 1.65. The van der Waals surface area contributed by atoms with Crippen LogP contribution in [0.15, 0.2) is 53.2 Å². The van der Waals surface area contributed by atoms with Crippen molar-refractivity contribution in [2.75, 3.05) is 17.6 Å². The number of thioether (sulfide) groups is 1. The van der Waals surface area contributed by atoms with Crippen LogP contribution in [0, 0.1) is 0 Å². The normalized spacial score (nSPS) is 15.0. The van der Waals surface area contributed by atoms with Gasteiger partial charge in [-0.05, 0) is 55.0 Å². The first kappa shape index (κ1) is 21.7. The summed E-state index contributed by atoms with van der Waals surface area (Å²) in [7, 11) is 0. The van der Waals surface area contributed by atoms with E-state index in [0.29, 0.717) is 38.0 Å². The Bertz CT molecular complexity index is 1010. The first-order valence-electron chi connectivity index (χ1n) is 8.63. The van der Waals surface area contributed by atoms with E-state index < -0.39 is 0 Å². The fourth-order valence-corrected chi connectivity index (χ4v) is 3.84. The van der Waals surface area contributed by atoms with E-state index in [2.05, 4.69) is 10.3 Å². The van der Waals surface area contributed by atoms with Gasteiger partial charge >= 0.3 is 0 Å². The molecular formula is C20H16Cl3N3O2S. The van der Waals surface area contributed by atoms with Crippen molar-refractivity contribution < 1.29 is 9.59 Å². The third-order valence-corrected chi connectivity index (χ3v) is 5.90. The summed E-state index contributed by atoms with van der Waals surface area (Å²) >= 11 is 19.0. The topological polar surface area (TPSA) is 61.8 Å². The molecule has 150 valence electrons. The van der Waals surface area contributed by atoms with Crippen LogP contribution in [0.1, 0.15) is 12.5 Å². The standard InChI is InChI=1S/C20H16Cl3N3O2S/c1-2-26-19(28)17(10-12-3-8-15(22)16(23)9-12)25-20(26)29-11-18(27)24-14-6-4-13(21)5-7-14/h3-10H,2,11H2,1H3,(H,24,27)/b17-10+. The minimum absolute atomic E-state index is 0.116. The summed E-state index contributed by atoms with van der Waals surface area (Å²) in [6.45, 7) is 2.30. The number of likely N-dealkylation sites (N-methyl/N-ethyl adjacent to an activating group) is 1. The van der Waals surface area contributed by atoms with Crippen LogP contribution in [0.25, 0.3) is 6.08 Å². The quantitative estimate of drug-likeness (QED) is 0.583. The summed E-state index contributed by atoms with van der Waals surface area (Å²) in [5.74, 6) is -0.310. The van der Waals surface area contributed by atoms with E-state index in [-0.39, 0.29) is 23.3 Å². The van der Waals surface area contributed by atoms with Gasteiger partial charge < -0.3 is 5.32 Å². The summed E-state index contributed by atoms with van der Waals surface area (Å²) in [4.78, 5) is 30.8. The lowest BCUT2D eigenvalue weighted by Crippen LogP contribution is -2.31. The molecule has 0 fully saturated rings. The van der Waals surface area contributed by atoms with Crippen LogP contribution in [0.3, 0.4) is 0 Å². The zero-order valence-electron chi connectivity index (χ0n) is 15.3. The van der Waals surface area contributed by atoms with Crippen LogP contribution in [0.5, 0.6) is 0 Å². The first-order chi connectivity index (χ1) is 13.9. The molecule has 2 amide bonds. The molecule has 1 aliphatic heterocycles. The zero-order valence-corrected chi connectivity index (χ0v) is 18.4. The molecule has 0 bridgehead atoms. The number of amides is 2. The molecule has 0 saturated heterocycles. The molecule has 5 nitrogen and oxygen atoms in total. The highest BCUT2D eigenvalue weighted by Crippen LogP contribution is 2.27. The Balaban J connectivity index is 1.69. The van der Waals surface area contributed by atoms with Gasteiger partial charge in [0.15, 0.2) is 5.17 Å². The monoisotopic (exact) mass is 467 g/mol. The molecule has 0 spiro atoms. The van der Waals surface area contributed by atoms with E-state index in [1.165, 1.54) is 16.7 Å². The van der Waals surface area contributed by atoms with Gasteiger partial charge in [-0.15, -0.1) is 0 Å². The Labute approximate surface area is 187 Å². The summed E-state index contributed by atoms with van der Waals surface area (Å²) < 4.78 is 0. The van der Waals surface area contributed by atoms with Gasteiger partial charge in [0.25, 0.3) is 5.91 Å². The van der Waals surface area contributed by atoms with Crippen molar-refractivity contribution in [1.29, 1.82) is 0 Å². The number of aliphatic imine (C=N–C) groups is 1. The van der Waals surface area contributed by atoms with E-state index in [9.17, 15) is 9.59 Å². The Kier molecular flexibility index (Phi) is 7.24. The lowest BCUT2D eigenvalue weighted by molar-refractivity contribution is -0.122. The van der Waals surface area contributed by atoms with Gasteiger partial charge in [-0.3, -0.25) is 14.5 Å². The maximum atomic E-state index is 12.6. The third kappa shape index (κ3) is 5.54. The molecule has 0 aromatic heterocycles. The molecule has 29 heavy (non-hydrogen) atoms. The molecule has 9 heteroatoms. The Morgan fingerprint density at radius 1 is 1.14 bits per heavy atom. The number of anilines is 1. The number of nitrogens with one attached hydrogen (secondary N) is 1. The van der Waals surface area contributed by atoms with E-state index in [1.54, 1.807) is 48.5 Å². The summed E-state index contributed by atoms with van der Waals surface area (Å²) in [5, 5.41) is 4.69. The average molecular weight is 469 g/mol. The molecule has 1 aliphatic rings. The third-order valence-electron chi connectivity index (χ3n) is 3.93. The molecule has 0 saturated carbocycles. The number of nitrogens with zero attached hydrogens (tertiary/aromatic N) is 2. The smallest absolute Gasteiger partial charge is 0.278 e. The molecule has 1 N–H and O–H groups in total. The zero-order chi connectivity index (χ0) is 21.0. The van der Waals surface area contributed by atoms with Crippen molar-refractivity contribution in [2.45, 2.75) is 6.92 Å². The molecule has 0 atom stereocenters. The molecule has 1 heterocycles. The lowest BCUT2D eigenvalue weighted by Gasteiger charge is -2.14. The van der Waals surface area contributed by atoms with Crippen molar-refractivity contribution in [3.8, 4) is 0 Å². The maximum Gasteiger partial charge on any atom is 0.278 e. The summed E-state index contributed by atoms with van der Waals surface area (Å²) in [6, 6.07) is 11.9. The number of benzene rings is 2. The number of carbonyl (C=O) groups excluding carboxylic acids is 2. The maximum absolute atomic E-state index is 12.6. The van der Waals surface area contributed by atoms with Gasteiger partial charge in [-0.2, -0.15) is 0 Å². The number of hydrogen-bond acceptors (Lipinski definition) is 4. The van der Waals surface area contributed by atoms with Gasteiger partial charge in [-0.25, -0.2) is 4.99 Å². The molecular weight excluding hydrogens is 453 g/mol. The van der Waals surface area contributed by atoms with Crippen LogP contribution in [0.2, 0.25) is 15.1 Å². The van der Waals surface area contributed by atoms with Gasteiger partial charge in [0.2, 0.25) is 5.91 Å². The summed E-state index contributed by atoms with van der Waals surface area (Å²) in [5.41, 5.74) is 1.65. The molecule has 0 aliphatic carbocycles. The van der Waals surface area contributed by atoms with Crippen molar-refractivity contribution in [2.24, 2.45) is 4.99 Å². The highest BCUT2D eigenvalue weighted by atomic mass is 35.5. The van der Waals surface area contributed by atoms with Crippen LogP contribution in [-0.2, 0) is 9.59 Å². The first-order valence-corrected chi connectivity index (χ1v) is 10.7. The SMILES string of the molecule is CCN1C(=O)/C(=C\c2ccc(Cl)c(Cl)c2)N=C1SCC(=O)Nc1ccc(Cl)cc1. The molecule has 0 radical (unpaired) electrons. The Morgan fingerprint density at radius 3 is 2.52 bits per heavy atom. The van der Waals surface area contributed by atoms with Crippen molar-refractivity contribution in [3.05, 3.63) is 68.8 Å². The Morgan fingerprint density at radius 2 is 1.86 bits per heavy atom. The largest absolute Gasteiger partial charge is 0.325 e. The molecule has 2 aromatic rings. The van der Waals surface area contributed by atoms with Gasteiger partial charge in [0.1, 0.15) is 5.70 Å². The lowest BCUT2D eigenvalue weighted by atomic mass is 10.2. The minimum Gasteiger partial charge on any atom is -0.325 e. The number of hydrogen-bond donors (Lipinski definition) is 1. The highest BCUT2D eigenvalue weighted by Gasteiger charge is 2.29. The second kappa shape index (κ2) is 9.67. The predicted molar refractivity (Wildman–Crippen MR) is 122 cm³/mol. The van der Waals surface area contributed by atoms with Gasteiger partial charge in [0.05, 0.1) is 15.8 Å². The fourth-order valence-electron chi connectivity index (χ4n) is 2.54. The fraction of sp³-hybridized carbons (Fsp3) is 0.150. The number of amidine groups is 1. The van der Waals surface area contributed by atoms with E-state index in [4.69, 9.17) is 34.8 Å². The van der Waals surface area contributed by atoms with Gasteiger partial charge in [0, 0.05) is 17.3 Å². The van der Waals surface area contributed by atoms with Crippen LogP contribution in [-0.4, -0.2) is 34.2 Å². The second-order valence-corrected chi connectivity index (χ2v) is 8.18. The van der Waals surface area contributed by atoms with Crippen LogP contribution in [0.4, 0.5) is 5.69 Å². The molecule has 0 unspecified atom stereocenters. The van der Waals surface area contributed by atoms with Crippen molar-refractivity contribution in [3.63, 3.8) is 0 Å². The number of rotatable bonds is 5. The van der Waals surface area contributed by atoms with Crippen molar-refractivity contribution in [1.82, 2.24) is 4.90 Å². The van der Waals surface area contributed by atoms with E-state index >= 15 is 0 Å². The molecule has 3 rings (SSSR count). The average Bonchev–Trinajstić information content (AvgIpc) is 2.99.